The maximum absolute atomic E-state index is 5.48. The molecule has 0 aliphatic rings. The molecule has 0 bridgehead atoms. The van der Waals surface area contributed by atoms with Crippen LogP contribution >= 0.6 is 15.9 Å². The summed E-state index contributed by atoms with van der Waals surface area (Å²) in [5.74, 6) is 1.60. The Labute approximate surface area is 147 Å². The SMILES string of the molecule is Brc1ccccc1Nc1cc(-c2ccco2)nn1-c1ccccc1. The predicted molar refractivity (Wildman–Crippen MR) is 98.7 cm³/mol. The summed E-state index contributed by atoms with van der Waals surface area (Å²) in [6.45, 7) is 0. The number of nitrogens with zero attached hydrogens (tertiary/aromatic N) is 2. The summed E-state index contributed by atoms with van der Waals surface area (Å²) in [6, 6.07) is 23.7. The highest BCUT2D eigenvalue weighted by molar-refractivity contribution is 9.10. The number of rotatable bonds is 4. The number of hydrogen-bond acceptors (Lipinski definition) is 3. The lowest BCUT2D eigenvalue weighted by Crippen LogP contribution is -2.02. The molecule has 0 aliphatic carbocycles. The van der Waals surface area contributed by atoms with Gasteiger partial charge in [-0.05, 0) is 52.3 Å². The van der Waals surface area contributed by atoms with E-state index in [4.69, 9.17) is 9.52 Å². The van der Waals surface area contributed by atoms with Gasteiger partial charge in [-0.2, -0.15) is 5.10 Å². The smallest absolute Gasteiger partial charge is 0.154 e. The van der Waals surface area contributed by atoms with Crippen LogP contribution < -0.4 is 5.32 Å². The average Bonchev–Trinajstić information content (AvgIpc) is 3.27. The largest absolute Gasteiger partial charge is 0.463 e. The van der Waals surface area contributed by atoms with Crippen LogP contribution in [-0.4, -0.2) is 9.78 Å². The normalized spacial score (nSPS) is 10.7. The molecule has 118 valence electrons. The van der Waals surface area contributed by atoms with Crippen molar-refractivity contribution in [2.24, 2.45) is 0 Å². The average molecular weight is 380 g/mol. The quantitative estimate of drug-likeness (QED) is 0.498. The van der Waals surface area contributed by atoms with Crippen LogP contribution in [0.2, 0.25) is 0 Å². The van der Waals surface area contributed by atoms with Crippen molar-refractivity contribution in [3.05, 3.63) is 83.5 Å². The molecule has 24 heavy (non-hydrogen) atoms. The standard InChI is InChI=1S/C19H14BrN3O/c20-15-9-4-5-10-16(15)21-19-13-17(18-11-6-12-24-18)22-23(19)14-7-2-1-3-8-14/h1-13,21H. The molecule has 4 aromatic rings. The molecule has 0 radical (unpaired) electrons. The molecule has 2 heterocycles. The first kappa shape index (κ1) is 14.8. The van der Waals surface area contributed by atoms with E-state index in [1.807, 2.05) is 77.5 Å². The molecule has 2 aromatic carbocycles. The predicted octanol–water partition coefficient (Wildman–Crippen LogP) is 5.64. The lowest BCUT2D eigenvalue weighted by atomic mass is 10.3. The highest BCUT2D eigenvalue weighted by Crippen LogP contribution is 2.30. The summed E-state index contributed by atoms with van der Waals surface area (Å²) < 4.78 is 8.35. The first-order chi connectivity index (χ1) is 11.8. The first-order valence-corrected chi connectivity index (χ1v) is 8.31. The van der Waals surface area contributed by atoms with E-state index in [1.165, 1.54) is 0 Å². The molecular weight excluding hydrogens is 366 g/mol. The van der Waals surface area contributed by atoms with Crippen LogP contribution in [0.25, 0.3) is 17.1 Å². The second kappa shape index (κ2) is 6.37. The Morgan fingerprint density at radius 3 is 2.46 bits per heavy atom. The summed E-state index contributed by atoms with van der Waals surface area (Å²) in [6.07, 6.45) is 1.65. The summed E-state index contributed by atoms with van der Waals surface area (Å²) >= 11 is 3.57. The van der Waals surface area contributed by atoms with Crippen LogP contribution in [-0.2, 0) is 0 Å². The van der Waals surface area contributed by atoms with Crippen molar-refractivity contribution in [3.63, 3.8) is 0 Å². The lowest BCUT2D eigenvalue weighted by Gasteiger charge is -2.10. The van der Waals surface area contributed by atoms with Gasteiger partial charge in [0.2, 0.25) is 0 Å². The van der Waals surface area contributed by atoms with E-state index in [0.717, 1.165) is 33.1 Å². The van der Waals surface area contributed by atoms with Crippen molar-refractivity contribution < 1.29 is 4.42 Å². The summed E-state index contributed by atoms with van der Waals surface area (Å²) in [5.41, 5.74) is 2.73. The van der Waals surface area contributed by atoms with E-state index in [1.54, 1.807) is 6.26 Å². The second-order valence-electron chi connectivity index (χ2n) is 5.24. The third-order valence-electron chi connectivity index (χ3n) is 3.62. The fraction of sp³-hybridized carbons (Fsp3) is 0. The van der Waals surface area contributed by atoms with Crippen LogP contribution in [0, 0.1) is 0 Å². The van der Waals surface area contributed by atoms with Gasteiger partial charge >= 0.3 is 0 Å². The van der Waals surface area contributed by atoms with Crippen molar-refractivity contribution in [2.75, 3.05) is 5.32 Å². The Hall–Kier alpha value is -2.79. The van der Waals surface area contributed by atoms with E-state index in [9.17, 15) is 0 Å². The second-order valence-corrected chi connectivity index (χ2v) is 6.10. The van der Waals surface area contributed by atoms with Crippen molar-refractivity contribution in [2.45, 2.75) is 0 Å². The van der Waals surface area contributed by atoms with Gasteiger partial charge in [0.05, 0.1) is 17.6 Å². The van der Waals surface area contributed by atoms with Crippen LogP contribution in [0.3, 0.4) is 0 Å². The van der Waals surface area contributed by atoms with Crippen molar-refractivity contribution in [1.82, 2.24) is 9.78 Å². The van der Waals surface area contributed by atoms with Gasteiger partial charge in [0.25, 0.3) is 0 Å². The fourth-order valence-electron chi connectivity index (χ4n) is 2.48. The Morgan fingerprint density at radius 2 is 1.71 bits per heavy atom. The van der Waals surface area contributed by atoms with Crippen molar-refractivity contribution in [1.29, 1.82) is 0 Å². The molecule has 4 rings (SSSR count). The van der Waals surface area contributed by atoms with Gasteiger partial charge in [0, 0.05) is 10.5 Å². The molecule has 2 aromatic heterocycles. The molecule has 0 fully saturated rings. The summed E-state index contributed by atoms with van der Waals surface area (Å²) in [5, 5.41) is 8.13. The number of aromatic nitrogens is 2. The van der Waals surface area contributed by atoms with E-state index >= 15 is 0 Å². The minimum atomic E-state index is 0.736. The van der Waals surface area contributed by atoms with Gasteiger partial charge in [-0.25, -0.2) is 4.68 Å². The maximum Gasteiger partial charge on any atom is 0.154 e. The van der Waals surface area contributed by atoms with Gasteiger partial charge in [0.1, 0.15) is 11.5 Å². The van der Waals surface area contributed by atoms with Crippen LogP contribution in [0.1, 0.15) is 0 Å². The van der Waals surface area contributed by atoms with Crippen molar-refractivity contribution in [3.8, 4) is 17.1 Å². The summed E-state index contributed by atoms with van der Waals surface area (Å²) in [7, 11) is 0. The molecule has 0 unspecified atom stereocenters. The monoisotopic (exact) mass is 379 g/mol. The topological polar surface area (TPSA) is 43.0 Å². The molecule has 0 atom stereocenters. The maximum atomic E-state index is 5.48. The minimum Gasteiger partial charge on any atom is -0.463 e. The van der Waals surface area contributed by atoms with Crippen LogP contribution in [0.5, 0.6) is 0 Å². The highest BCUT2D eigenvalue weighted by atomic mass is 79.9. The zero-order valence-corrected chi connectivity index (χ0v) is 14.3. The molecule has 4 nitrogen and oxygen atoms in total. The number of furan rings is 1. The lowest BCUT2D eigenvalue weighted by molar-refractivity contribution is 0.579. The van der Waals surface area contributed by atoms with Crippen LogP contribution in [0.4, 0.5) is 11.5 Å². The molecule has 0 saturated heterocycles. The Kier molecular flexibility index (Phi) is 3.92. The number of halogens is 1. The Balaban J connectivity index is 1.81. The molecular formula is C19H14BrN3O. The van der Waals surface area contributed by atoms with E-state index < -0.39 is 0 Å². The van der Waals surface area contributed by atoms with Gasteiger partial charge < -0.3 is 9.73 Å². The van der Waals surface area contributed by atoms with E-state index in [0.29, 0.717) is 0 Å². The van der Waals surface area contributed by atoms with Gasteiger partial charge in [-0.15, -0.1) is 0 Å². The Bertz CT molecular complexity index is 946. The van der Waals surface area contributed by atoms with Crippen LogP contribution in [0.15, 0.2) is 87.9 Å². The molecule has 0 aliphatic heterocycles. The molecule has 5 heteroatoms. The fourth-order valence-corrected chi connectivity index (χ4v) is 2.87. The highest BCUT2D eigenvalue weighted by Gasteiger charge is 2.13. The van der Waals surface area contributed by atoms with Gasteiger partial charge in [-0.1, -0.05) is 30.3 Å². The number of anilines is 2. The minimum absolute atomic E-state index is 0.736. The van der Waals surface area contributed by atoms with Gasteiger partial charge in [0.15, 0.2) is 5.76 Å². The number of para-hydroxylation sites is 2. The number of hydrogen-bond donors (Lipinski definition) is 1. The third kappa shape index (κ3) is 2.86. The summed E-state index contributed by atoms with van der Waals surface area (Å²) in [4.78, 5) is 0. The zero-order chi connectivity index (χ0) is 16.4. The zero-order valence-electron chi connectivity index (χ0n) is 12.7. The van der Waals surface area contributed by atoms with Crippen molar-refractivity contribution >= 4 is 27.4 Å². The molecule has 1 N–H and O–H groups in total. The van der Waals surface area contributed by atoms with E-state index in [-0.39, 0.29) is 0 Å². The Morgan fingerprint density at radius 1 is 0.917 bits per heavy atom. The molecule has 0 spiro atoms. The third-order valence-corrected chi connectivity index (χ3v) is 4.31. The molecule has 0 amide bonds. The van der Waals surface area contributed by atoms with E-state index in [2.05, 4.69) is 21.2 Å². The number of benzene rings is 2. The van der Waals surface area contributed by atoms with Gasteiger partial charge in [-0.3, -0.25) is 0 Å². The number of nitrogens with one attached hydrogen (secondary N) is 1. The molecule has 0 saturated carbocycles. The first-order valence-electron chi connectivity index (χ1n) is 7.52.